The summed E-state index contributed by atoms with van der Waals surface area (Å²) in [6, 6.07) is 12.2. The minimum absolute atomic E-state index is 0.125. The first-order chi connectivity index (χ1) is 11.1. The van der Waals surface area contributed by atoms with E-state index >= 15 is 0 Å². The monoisotopic (exact) mass is 350 g/mol. The van der Waals surface area contributed by atoms with Gasteiger partial charge in [-0.2, -0.15) is 5.10 Å². The second kappa shape index (κ2) is 6.89. The van der Waals surface area contributed by atoms with Crippen LogP contribution < -0.4 is 14.9 Å². The lowest BCUT2D eigenvalue weighted by Gasteiger charge is -2.24. The van der Waals surface area contributed by atoms with E-state index in [1.165, 1.54) is 6.21 Å². The number of amides is 1. The van der Waals surface area contributed by atoms with Gasteiger partial charge in [0.1, 0.15) is 6.61 Å². The molecule has 23 heavy (non-hydrogen) atoms. The van der Waals surface area contributed by atoms with E-state index in [4.69, 9.17) is 32.7 Å². The fourth-order valence-corrected chi connectivity index (χ4v) is 2.45. The molecule has 5 nitrogen and oxygen atoms in total. The predicted molar refractivity (Wildman–Crippen MR) is 88.6 cm³/mol. The van der Waals surface area contributed by atoms with Crippen LogP contribution in [0.25, 0.3) is 0 Å². The number of carbonyl (C=O) groups excluding carboxylic acids is 1. The Labute approximate surface area is 142 Å². The zero-order chi connectivity index (χ0) is 16.2. The molecule has 7 heteroatoms. The molecule has 1 unspecified atom stereocenters. The predicted octanol–water partition coefficient (Wildman–Crippen LogP) is 3.28. The molecule has 2 aromatic carbocycles. The van der Waals surface area contributed by atoms with Crippen LogP contribution in [0.3, 0.4) is 0 Å². The Morgan fingerprint density at radius 2 is 2.00 bits per heavy atom. The third kappa shape index (κ3) is 3.75. The molecule has 0 fully saturated rings. The molecule has 1 amide bonds. The highest BCUT2D eigenvalue weighted by Crippen LogP contribution is 2.30. The zero-order valence-electron chi connectivity index (χ0n) is 11.8. The quantitative estimate of drug-likeness (QED) is 0.682. The number of nitrogens with one attached hydrogen (secondary N) is 1. The smallest absolute Gasteiger partial charge is 0.284 e. The second-order valence-electron chi connectivity index (χ2n) is 4.76. The van der Waals surface area contributed by atoms with Gasteiger partial charge in [0.05, 0.1) is 11.2 Å². The van der Waals surface area contributed by atoms with Crippen LogP contribution in [0, 0.1) is 0 Å². The molecule has 0 radical (unpaired) electrons. The Kier molecular flexibility index (Phi) is 4.69. The standard InChI is InChI=1S/C16H12Cl2N2O3/c17-11-6-5-10(12(18)7-11)8-19-20-16(21)15-9-22-13-3-1-2-4-14(13)23-15/h1-8,15H,9H2,(H,20,21)/b19-8+. The van der Waals surface area contributed by atoms with E-state index in [1.54, 1.807) is 30.3 Å². The number of nitrogens with zero attached hydrogens (tertiary/aromatic N) is 1. The van der Waals surface area contributed by atoms with Gasteiger partial charge in [0.25, 0.3) is 5.91 Å². The molecule has 118 valence electrons. The third-order valence-electron chi connectivity index (χ3n) is 3.14. The van der Waals surface area contributed by atoms with Gasteiger partial charge in [0.2, 0.25) is 6.10 Å². The maximum absolute atomic E-state index is 12.1. The van der Waals surface area contributed by atoms with Crippen LogP contribution in [0.2, 0.25) is 10.0 Å². The van der Waals surface area contributed by atoms with Gasteiger partial charge in [-0.3, -0.25) is 4.79 Å². The molecule has 1 atom stereocenters. The molecule has 0 aliphatic carbocycles. The van der Waals surface area contributed by atoms with E-state index in [9.17, 15) is 4.79 Å². The van der Waals surface area contributed by atoms with Crippen molar-refractivity contribution >= 4 is 35.3 Å². The average molecular weight is 351 g/mol. The Hall–Kier alpha value is -2.24. The summed E-state index contributed by atoms with van der Waals surface area (Å²) in [7, 11) is 0. The molecule has 0 aromatic heterocycles. The number of hydrazone groups is 1. The Balaban J connectivity index is 1.61. The lowest BCUT2D eigenvalue weighted by atomic mass is 10.2. The molecule has 0 spiro atoms. The van der Waals surface area contributed by atoms with Crippen LogP contribution in [0.15, 0.2) is 47.6 Å². The van der Waals surface area contributed by atoms with Gasteiger partial charge >= 0.3 is 0 Å². The minimum Gasteiger partial charge on any atom is -0.485 e. The fourth-order valence-electron chi connectivity index (χ4n) is 1.99. The summed E-state index contributed by atoms with van der Waals surface area (Å²) in [5.74, 6) is 0.748. The van der Waals surface area contributed by atoms with E-state index in [0.717, 1.165) is 0 Å². The molecular formula is C16H12Cl2N2O3. The Bertz CT molecular complexity index is 765. The van der Waals surface area contributed by atoms with Gasteiger partial charge in [-0.25, -0.2) is 5.43 Å². The molecule has 1 N–H and O–H groups in total. The van der Waals surface area contributed by atoms with E-state index < -0.39 is 12.0 Å². The average Bonchev–Trinajstić information content (AvgIpc) is 2.56. The number of hydrogen-bond donors (Lipinski definition) is 1. The summed E-state index contributed by atoms with van der Waals surface area (Å²) in [6.07, 6.45) is 0.677. The van der Waals surface area contributed by atoms with Crippen LogP contribution in [-0.4, -0.2) is 24.8 Å². The molecule has 1 heterocycles. The van der Waals surface area contributed by atoms with Gasteiger partial charge < -0.3 is 9.47 Å². The number of hydrogen-bond acceptors (Lipinski definition) is 4. The van der Waals surface area contributed by atoms with Gasteiger partial charge in [0, 0.05) is 10.6 Å². The highest BCUT2D eigenvalue weighted by molar-refractivity contribution is 6.36. The number of para-hydroxylation sites is 2. The van der Waals surface area contributed by atoms with Crippen LogP contribution in [0.4, 0.5) is 0 Å². The lowest BCUT2D eigenvalue weighted by molar-refractivity contribution is -0.130. The van der Waals surface area contributed by atoms with Crippen molar-refractivity contribution in [3.05, 3.63) is 58.1 Å². The zero-order valence-corrected chi connectivity index (χ0v) is 13.3. The van der Waals surface area contributed by atoms with E-state index in [1.807, 2.05) is 12.1 Å². The molecule has 0 bridgehead atoms. The number of ether oxygens (including phenoxy) is 2. The van der Waals surface area contributed by atoms with Crippen LogP contribution >= 0.6 is 23.2 Å². The highest BCUT2D eigenvalue weighted by atomic mass is 35.5. The molecular weight excluding hydrogens is 339 g/mol. The largest absolute Gasteiger partial charge is 0.485 e. The summed E-state index contributed by atoms with van der Waals surface area (Å²) < 4.78 is 11.1. The Morgan fingerprint density at radius 1 is 1.22 bits per heavy atom. The van der Waals surface area contributed by atoms with Crippen molar-refractivity contribution in [2.75, 3.05) is 6.61 Å². The maximum atomic E-state index is 12.1. The number of fused-ring (bicyclic) bond motifs is 1. The first-order valence-corrected chi connectivity index (χ1v) is 7.55. The van der Waals surface area contributed by atoms with Gasteiger partial charge in [-0.15, -0.1) is 0 Å². The van der Waals surface area contributed by atoms with E-state index in [0.29, 0.717) is 27.1 Å². The Morgan fingerprint density at radius 3 is 2.78 bits per heavy atom. The molecule has 0 saturated heterocycles. The van der Waals surface area contributed by atoms with Crippen LogP contribution in [0.1, 0.15) is 5.56 Å². The van der Waals surface area contributed by atoms with Gasteiger partial charge in [-0.1, -0.05) is 41.4 Å². The summed E-state index contributed by atoms with van der Waals surface area (Å²) in [5, 5.41) is 4.85. The van der Waals surface area contributed by atoms with Gasteiger partial charge in [-0.05, 0) is 24.3 Å². The summed E-state index contributed by atoms with van der Waals surface area (Å²) in [4.78, 5) is 12.1. The fraction of sp³-hybridized carbons (Fsp3) is 0.125. The number of halogens is 2. The number of carbonyl (C=O) groups is 1. The third-order valence-corrected chi connectivity index (χ3v) is 3.70. The minimum atomic E-state index is -0.761. The van der Waals surface area contributed by atoms with Crippen molar-refractivity contribution in [2.24, 2.45) is 5.10 Å². The maximum Gasteiger partial charge on any atom is 0.284 e. The highest BCUT2D eigenvalue weighted by Gasteiger charge is 2.26. The SMILES string of the molecule is O=C(N/N=C/c1ccc(Cl)cc1Cl)C1COc2ccccc2O1. The molecule has 1 aliphatic rings. The molecule has 3 rings (SSSR count). The number of rotatable bonds is 3. The van der Waals surface area contributed by atoms with Crippen molar-refractivity contribution in [1.82, 2.24) is 5.43 Å². The summed E-state index contributed by atoms with van der Waals surface area (Å²) in [5.41, 5.74) is 3.05. The molecule has 0 saturated carbocycles. The van der Waals surface area contributed by atoms with Crippen molar-refractivity contribution in [3.63, 3.8) is 0 Å². The van der Waals surface area contributed by atoms with Gasteiger partial charge in [0.15, 0.2) is 11.5 Å². The number of benzene rings is 2. The first kappa shape index (κ1) is 15.6. The van der Waals surface area contributed by atoms with E-state index in [-0.39, 0.29) is 6.61 Å². The topological polar surface area (TPSA) is 59.9 Å². The van der Waals surface area contributed by atoms with E-state index in [2.05, 4.69) is 10.5 Å². The molecule has 2 aromatic rings. The summed E-state index contributed by atoms with van der Waals surface area (Å²) >= 11 is 11.8. The van der Waals surface area contributed by atoms with Crippen molar-refractivity contribution in [2.45, 2.75) is 6.10 Å². The lowest BCUT2D eigenvalue weighted by Crippen LogP contribution is -2.42. The van der Waals surface area contributed by atoms with Crippen LogP contribution in [0.5, 0.6) is 11.5 Å². The first-order valence-electron chi connectivity index (χ1n) is 6.80. The normalized spacial score (nSPS) is 16.3. The van der Waals surface area contributed by atoms with Crippen LogP contribution in [-0.2, 0) is 4.79 Å². The van der Waals surface area contributed by atoms with Crippen molar-refractivity contribution in [3.8, 4) is 11.5 Å². The second-order valence-corrected chi connectivity index (χ2v) is 5.61. The van der Waals surface area contributed by atoms with Crippen molar-refractivity contribution in [1.29, 1.82) is 0 Å². The summed E-state index contributed by atoms with van der Waals surface area (Å²) in [6.45, 7) is 0.125. The molecule has 1 aliphatic heterocycles. The van der Waals surface area contributed by atoms with Crippen molar-refractivity contribution < 1.29 is 14.3 Å².